The van der Waals surface area contributed by atoms with E-state index in [1.54, 1.807) is 0 Å². The van der Waals surface area contributed by atoms with E-state index in [1.807, 2.05) is 18.2 Å². The lowest BCUT2D eigenvalue weighted by molar-refractivity contribution is 0.439. The van der Waals surface area contributed by atoms with Crippen LogP contribution in [0.15, 0.2) is 24.3 Å². The van der Waals surface area contributed by atoms with Crippen molar-refractivity contribution < 1.29 is 4.74 Å². The van der Waals surface area contributed by atoms with Gasteiger partial charge in [-0.3, -0.25) is 0 Å². The summed E-state index contributed by atoms with van der Waals surface area (Å²) in [6, 6.07) is 8.12. The fourth-order valence-corrected chi connectivity index (χ4v) is 2.51. The highest BCUT2D eigenvalue weighted by Gasteiger charge is 2.17. The zero-order chi connectivity index (χ0) is 14.7. The van der Waals surface area contributed by atoms with Gasteiger partial charge in [-0.05, 0) is 48.6 Å². The standard InChI is InChI=1S/C15H17ClN4O/c1-2-11-6-5-7-12(10-11)21-15-18-13(16)17-14(19-15)20-8-3-4-9-20/h5-7,10H,2-4,8-9H2,1H3. The second kappa shape index (κ2) is 6.26. The molecule has 0 N–H and O–H groups in total. The van der Waals surface area contributed by atoms with Crippen LogP contribution >= 0.6 is 11.6 Å². The van der Waals surface area contributed by atoms with Crippen LogP contribution in [0.5, 0.6) is 11.8 Å². The van der Waals surface area contributed by atoms with E-state index in [-0.39, 0.29) is 11.3 Å². The van der Waals surface area contributed by atoms with Gasteiger partial charge in [-0.1, -0.05) is 19.1 Å². The maximum absolute atomic E-state index is 5.98. The third kappa shape index (κ3) is 3.42. The molecule has 0 saturated carbocycles. The van der Waals surface area contributed by atoms with E-state index in [9.17, 15) is 0 Å². The Labute approximate surface area is 129 Å². The van der Waals surface area contributed by atoms with Crippen LogP contribution in [0.2, 0.25) is 5.28 Å². The van der Waals surface area contributed by atoms with Gasteiger partial charge in [-0.15, -0.1) is 0 Å². The molecule has 0 spiro atoms. The number of hydrogen-bond donors (Lipinski definition) is 0. The Morgan fingerprint density at radius 2 is 2.00 bits per heavy atom. The average molecular weight is 305 g/mol. The molecule has 21 heavy (non-hydrogen) atoms. The number of nitrogens with zero attached hydrogens (tertiary/aromatic N) is 4. The third-order valence-corrected chi connectivity index (χ3v) is 3.65. The van der Waals surface area contributed by atoms with Crippen LogP contribution in [-0.4, -0.2) is 28.0 Å². The fourth-order valence-electron chi connectivity index (χ4n) is 2.36. The van der Waals surface area contributed by atoms with Crippen molar-refractivity contribution in [2.75, 3.05) is 18.0 Å². The van der Waals surface area contributed by atoms with Gasteiger partial charge in [0.2, 0.25) is 11.2 Å². The van der Waals surface area contributed by atoms with Crippen LogP contribution in [0.4, 0.5) is 5.95 Å². The maximum Gasteiger partial charge on any atom is 0.328 e. The number of anilines is 1. The fraction of sp³-hybridized carbons (Fsp3) is 0.400. The molecule has 1 saturated heterocycles. The Morgan fingerprint density at radius 1 is 1.19 bits per heavy atom. The van der Waals surface area contributed by atoms with Gasteiger partial charge in [0.25, 0.3) is 0 Å². The van der Waals surface area contributed by atoms with Gasteiger partial charge in [-0.2, -0.15) is 15.0 Å². The molecular formula is C15H17ClN4O. The lowest BCUT2D eigenvalue weighted by Gasteiger charge is -2.15. The van der Waals surface area contributed by atoms with Crippen molar-refractivity contribution in [2.45, 2.75) is 26.2 Å². The van der Waals surface area contributed by atoms with E-state index in [2.05, 4.69) is 32.8 Å². The van der Waals surface area contributed by atoms with Crippen LogP contribution < -0.4 is 9.64 Å². The predicted octanol–water partition coefficient (Wildman–Crippen LogP) is 3.48. The van der Waals surface area contributed by atoms with Crippen LogP contribution in [0.3, 0.4) is 0 Å². The highest BCUT2D eigenvalue weighted by molar-refractivity contribution is 6.28. The summed E-state index contributed by atoms with van der Waals surface area (Å²) in [5.41, 5.74) is 1.20. The molecule has 0 unspecified atom stereocenters. The molecule has 2 aromatic rings. The molecule has 1 aromatic carbocycles. The minimum Gasteiger partial charge on any atom is -0.424 e. The van der Waals surface area contributed by atoms with Gasteiger partial charge in [0.1, 0.15) is 5.75 Å². The number of aryl methyl sites for hydroxylation is 1. The minimum atomic E-state index is 0.161. The summed E-state index contributed by atoms with van der Waals surface area (Å²) in [7, 11) is 0. The molecule has 1 aromatic heterocycles. The van der Waals surface area contributed by atoms with Crippen LogP contribution in [-0.2, 0) is 6.42 Å². The summed E-state index contributed by atoms with van der Waals surface area (Å²) in [4.78, 5) is 14.7. The number of ether oxygens (including phenoxy) is 1. The maximum atomic E-state index is 5.98. The van der Waals surface area contributed by atoms with Crippen molar-refractivity contribution in [1.82, 2.24) is 15.0 Å². The molecule has 0 amide bonds. The van der Waals surface area contributed by atoms with Crippen molar-refractivity contribution in [3.05, 3.63) is 35.1 Å². The van der Waals surface area contributed by atoms with Gasteiger partial charge in [0.15, 0.2) is 0 Å². The molecule has 3 rings (SSSR count). The highest BCUT2D eigenvalue weighted by Crippen LogP contribution is 2.23. The van der Waals surface area contributed by atoms with E-state index < -0.39 is 0 Å². The quantitative estimate of drug-likeness (QED) is 0.865. The predicted molar refractivity (Wildman–Crippen MR) is 82.2 cm³/mol. The van der Waals surface area contributed by atoms with Gasteiger partial charge in [0, 0.05) is 13.1 Å². The Bertz CT molecular complexity index is 629. The van der Waals surface area contributed by atoms with Crippen LogP contribution in [0, 0.1) is 0 Å². The van der Waals surface area contributed by atoms with Crippen LogP contribution in [0.25, 0.3) is 0 Å². The second-order valence-corrected chi connectivity index (χ2v) is 5.32. The van der Waals surface area contributed by atoms with E-state index >= 15 is 0 Å². The molecule has 2 heterocycles. The summed E-state index contributed by atoms with van der Waals surface area (Å²) < 4.78 is 5.73. The molecule has 5 nitrogen and oxygen atoms in total. The van der Waals surface area contributed by atoms with E-state index in [1.165, 1.54) is 5.56 Å². The third-order valence-electron chi connectivity index (χ3n) is 3.48. The van der Waals surface area contributed by atoms with E-state index in [4.69, 9.17) is 16.3 Å². The first kappa shape index (κ1) is 14.1. The molecule has 0 bridgehead atoms. The SMILES string of the molecule is CCc1cccc(Oc2nc(Cl)nc(N3CCCC3)n2)c1. The summed E-state index contributed by atoms with van der Waals surface area (Å²) in [6.45, 7) is 4.00. The van der Waals surface area contributed by atoms with Crippen molar-refractivity contribution in [2.24, 2.45) is 0 Å². The van der Waals surface area contributed by atoms with Gasteiger partial charge in [0.05, 0.1) is 0 Å². The van der Waals surface area contributed by atoms with Crippen molar-refractivity contribution >= 4 is 17.5 Å². The van der Waals surface area contributed by atoms with Crippen molar-refractivity contribution in [3.8, 4) is 11.8 Å². The lowest BCUT2D eigenvalue weighted by atomic mass is 10.2. The Balaban J connectivity index is 1.84. The average Bonchev–Trinajstić information content (AvgIpc) is 3.01. The number of rotatable bonds is 4. The zero-order valence-corrected chi connectivity index (χ0v) is 12.7. The molecule has 0 atom stereocenters. The molecule has 110 valence electrons. The minimum absolute atomic E-state index is 0.161. The Morgan fingerprint density at radius 3 is 2.76 bits per heavy atom. The first-order chi connectivity index (χ1) is 10.2. The second-order valence-electron chi connectivity index (χ2n) is 4.98. The smallest absolute Gasteiger partial charge is 0.328 e. The van der Waals surface area contributed by atoms with Gasteiger partial charge < -0.3 is 9.64 Å². The number of benzene rings is 1. The Hall–Kier alpha value is -1.88. The first-order valence-corrected chi connectivity index (χ1v) is 7.55. The van der Waals surface area contributed by atoms with E-state index in [0.717, 1.165) is 32.4 Å². The van der Waals surface area contributed by atoms with E-state index in [0.29, 0.717) is 11.7 Å². The molecule has 1 fully saturated rings. The summed E-state index contributed by atoms with van der Waals surface area (Å²) in [5.74, 6) is 1.30. The molecule has 0 aliphatic carbocycles. The summed E-state index contributed by atoms with van der Waals surface area (Å²) in [5, 5.41) is 0.161. The normalized spacial score (nSPS) is 14.5. The number of halogens is 1. The van der Waals surface area contributed by atoms with Crippen LogP contribution in [0.1, 0.15) is 25.3 Å². The monoisotopic (exact) mass is 304 g/mol. The summed E-state index contributed by atoms with van der Waals surface area (Å²) >= 11 is 5.98. The molecule has 1 aliphatic rings. The molecule has 0 radical (unpaired) electrons. The number of hydrogen-bond acceptors (Lipinski definition) is 5. The zero-order valence-electron chi connectivity index (χ0n) is 11.9. The summed E-state index contributed by atoms with van der Waals surface area (Å²) in [6.07, 6.45) is 3.25. The first-order valence-electron chi connectivity index (χ1n) is 7.18. The molecule has 6 heteroatoms. The van der Waals surface area contributed by atoms with Gasteiger partial charge >= 0.3 is 6.01 Å². The lowest BCUT2D eigenvalue weighted by Crippen LogP contribution is -2.21. The molecule has 1 aliphatic heterocycles. The Kier molecular flexibility index (Phi) is 4.20. The topological polar surface area (TPSA) is 51.1 Å². The van der Waals surface area contributed by atoms with Crippen molar-refractivity contribution in [1.29, 1.82) is 0 Å². The van der Waals surface area contributed by atoms with Crippen molar-refractivity contribution in [3.63, 3.8) is 0 Å². The largest absolute Gasteiger partial charge is 0.424 e. The molecular weight excluding hydrogens is 288 g/mol. The van der Waals surface area contributed by atoms with Gasteiger partial charge in [-0.25, -0.2) is 0 Å². The number of aromatic nitrogens is 3. The highest BCUT2D eigenvalue weighted by atomic mass is 35.5.